The number of rotatable bonds is 3. The lowest BCUT2D eigenvalue weighted by Gasteiger charge is -2.37. The second kappa shape index (κ2) is 6.83. The van der Waals surface area contributed by atoms with Crippen LogP contribution in [0.5, 0.6) is 0 Å². The van der Waals surface area contributed by atoms with Crippen molar-refractivity contribution >= 4 is 23.5 Å². The zero-order valence-electron chi connectivity index (χ0n) is 14.6. The molecule has 3 fully saturated rings. The number of carbonyl (C=O) groups is 2. The van der Waals surface area contributed by atoms with Crippen LogP contribution in [0.1, 0.15) is 19.8 Å². The molecule has 0 bridgehead atoms. The van der Waals surface area contributed by atoms with Crippen LogP contribution in [0.25, 0.3) is 0 Å². The molecule has 3 rings (SSSR count). The molecule has 0 spiro atoms. The second-order valence-corrected chi connectivity index (χ2v) is 7.53. The number of carbonyl (C=O) groups excluding carboxylic acids is 2. The van der Waals surface area contributed by atoms with Crippen LogP contribution in [0, 0.1) is 17.8 Å². The number of esters is 2. The van der Waals surface area contributed by atoms with Gasteiger partial charge in [0.2, 0.25) is 0 Å². The molecular formula is C19H23ClO6. The maximum Gasteiger partial charge on any atom is 0.334 e. The molecular weight excluding hydrogens is 360 g/mol. The summed E-state index contributed by atoms with van der Waals surface area (Å²) in [7, 11) is 0. The molecule has 0 aromatic carbocycles. The van der Waals surface area contributed by atoms with Gasteiger partial charge in [0, 0.05) is 24.0 Å². The van der Waals surface area contributed by atoms with Gasteiger partial charge in [0.1, 0.15) is 17.8 Å². The minimum absolute atomic E-state index is 0.194. The molecule has 6 nitrogen and oxygen atoms in total. The Hall–Kier alpha value is -1.63. The number of hydrogen-bond donors (Lipinski definition) is 2. The Morgan fingerprint density at radius 1 is 1.50 bits per heavy atom. The van der Waals surface area contributed by atoms with Gasteiger partial charge < -0.3 is 19.7 Å². The maximum absolute atomic E-state index is 12.2. The van der Waals surface area contributed by atoms with Crippen LogP contribution in [0.15, 0.2) is 36.5 Å². The maximum atomic E-state index is 12.2. The Morgan fingerprint density at radius 2 is 2.19 bits per heavy atom. The summed E-state index contributed by atoms with van der Waals surface area (Å²) in [6.07, 6.45) is 0.890. The van der Waals surface area contributed by atoms with Gasteiger partial charge in [-0.2, -0.15) is 0 Å². The fraction of sp³-hybridized carbons (Fsp3) is 0.579. The van der Waals surface area contributed by atoms with E-state index in [9.17, 15) is 19.8 Å². The highest BCUT2D eigenvalue weighted by molar-refractivity contribution is 6.18. The lowest BCUT2D eigenvalue weighted by atomic mass is 9.76. The first kappa shape index (κ1) is 19.1. The van der Waals surface area contributed by atoms with Gasteiger partial charge in [-0.1, -0.05) is 24.8 Å². The lowest BCUT2D eigenvalue weighted by Crippen LogP contribution is -2.52. The largest absolute Gasteiger partial charge is 0.458 e. The summed E-state index contributed by atoms with van der Waals surface area (Å²) in [6, 6.07) is 0. The van der Waals surface area contributed by atoms with Gasteiger partial charge in [0.15, 0.2) is 0 Å². The third-order valence-corrected chi connectivity index (χ3v) is 6.28. The molecule has 142 valence electrons. The van der Waals surface area contributed by atoms with Crippen molar-refractivity contribution in [1.29, 1.82) is 0 Å². The predicted octanol–water partition coefficient (Wildman–Crippen LogP) is 1.50. The summed E-state index contributed by atoms with van der Waals surface area (Å²) in [5.41, 5.74) is -0.697. The fourth-order valence-corrected chi connectivity index (χ4v) is 4.95. The summed E-state index contributed by atoms with van der Waals surface area (Å²) in [5, 5.41) is 21.4. The summed E-state index contributed by atoms with van der Waals surface area (Å²) >= 11 is 5.99. The van der Waals surface area contributed by atoms with E-state index in [0.29, 0.717) is 6.42 Å². The number of hydrogen-bond acceptors (Lipinski definition) is 6. The van der Waals surface area contributed by atoms with Crippen molar-refractivity contribution in [3.63, 3.8) is 0 Å². The van der Waals surface area contributed by atoms with Crippen LogP contribution < -0.4 is 0 Å². The molecule has 2 saturated carbocycles. The number of ether oxygens (including phenoxy) is 2. The van der Waals surface area contributed by atoms with Gasteiger partial charge in [-0.15, -0.1) is 11.6 Å². The van der Waals surface area contributed by atoms with E-state index in [1.165, 1.54) is 6.08 Å². The Morgan fingerprint density at radius 3 is 2.81 bits per heavy atom. The monoisotopic (exact) mass is 382 g/mol. The van der Waals surface area contributed by atoms with E-state index in [-0.39, 0.29) is 23.8 Å². The Bertz CT molecular complexity index is 686. The van der Waals surface area contributed by atoms with Gasteiger partial charge in [-0.3, -0.25) is 0 Å². The number of fused-ring (bicyclic) bond motifs is 3. The molecule has 1 heterocycles. The van der Waals surface area contributed by atoms with Crippen molar-refractivity contribution in [2.45, 2.75) is 43.7 Å². The Labute approximate surface area is 157 Å². The highest BCUT2D eigenvalue weighted by atomic mass is 35.5. The number of halogens is 1. The standard InChI is InChI=1S/C19H23ClO6/c1-4-5-14(22)25-12-6-9(2)11-7-13(21)19(24,8-20)16(11)17-15(12)10(3)18(23)26-17/h4-5,11-13,15-17,21,24H,2-3,6-8H2,1H3/b5-4-/t11-,12-,13-,15+,16-,17-,19+/m0/s1. The predicted molar refractivity (Wildman–Crippen MR) is 94.2 cm³/mol. The van der Waals surface area contributed by atoms with Crippen molar-refractivity contribution in [2.75, 3.05) is 5.88 Å². The SMILES string of the molecule is C=C1C(=O)O[C@H]2[C@H]1[C@@H](OC(=O)/C=C\C)CC(=C)[C@@H]1C[C@H](O)[C@](O)(CCl)[C@H]21. The molecule has 0 radical (unpaired) electrons. The van der Waals surface area contributed by atoms with E-state index in [1.807, 2.05) is 0 Å². The molecule has 0 unspecified atom stereocenters. The van der Waals surface area contributed by atoms with Crippen LogP contribution in [0.3, 0.4) is 0 Å². The molecule has 2 aliphatic carbocycles. The zero-order chi connectivity index (χ0) is 19.2. The topological polar surface area (TPSA) is 93.1 Å². The summed E-state index contributed by atoms with van der Waals surface area (Å²) < 4.78 is 11.1. The Balaban J connectivity index is 2.03. The van der Waals surface area contributed by atoms with Crippen molar-refractivity contribution in [3.05, 3.63) is 36.5 Å². The number of allylic oxidation sites excluding steroid dienone is 1. The molecule has 1 aliphatic heterocycles. The van der Waals surface area contributed by atoms with Gasteiger partial charge in [0.25, 0.3) is 0 Å². The minimum Gasteiger partial charge on any atom is -0.458 e. The van der Waals surface area contributed by atoms with Crippen LogP contribution in [-0.2, 0) is 19.1 Å². The van der Waals surface area contributed by atoms with Crippen molar-refractivity contribution in [2.24, 2.45) is 17.8 Å². The first-order chi connectivity index (χ1) is 12.2. The minimum atomic E-state index is -1.62. The summed E-state index contributed by atoms with van der Waals surface area (Å²) in [5.74, 6) is -2.89. The van der Waals surface area contributed by atoms with Gasteiger partial charge in [0.05, 0.1) is 17.9 Å². The van der Waals surface area contributed by atoms with Gasteiger partial charge in [-0.25, -0.2) is 9.59 Å². The zero-order valence-corrected chi connectivity index (χ0v) is 15.3. The smallest absolute Gasteiger partial charge is 0.334 e. The van der Waals surface area contributed by atoms with Gasteiger partial charge in [-0.05, 0) is 19.3 Å². The molecule has 7 heteroatoms. The van der Waals surface area contributed by atoms with Crippen LogP contribution >= 0.6 is 11.6 Å². The number of aliphatic hydroxyl groups is 2. The normalized spacial score (nSPS) is 42.4. The van der Waals surface area contributed by atoms with Crippen molar-refractivity contribution in [3.8, 4) is 0 Å². The summed E-state index contributed by atoms with van der Waals surface area (Å²) in [4.78, 5) is 24.2. The number of aliphatic hydroxyl groups excluding tert-OH is 1. The summed E-state index contributed by atoms with van der Waals surface area (Å²) in [6.45, 7) is 9.59. The van der Waals surface area contributed by atoms with E-state index in [2.05, 4.69) is 13.2 Å². The van der Waals surface area contributed by atoms with Gasteiger partial charge >= 0.3 is 11.9 Å². The average molecular weight is 383 g/mol. The second-order valence-electron chi connectivity index (χ2n) is 7.27. The van der Waals surface area contributed by atoms with Crippen molar-refractivity contribution < 1.29 is 29.3 Å². The number of alkyl halides is 1. The third kappa shape index (κ3) is 2.80. The molecule has 0 aromatic rings. The molecule has 0 aromatic heterocycles. The van der Waals surface area contributed by atoms with E-state index >= 15 is 0 Å². The van der Waals surface area contributed by atoms with E-state index < -0.39 is 47.7 Å². The molecule has 2 N–H and O–H groups in total. The molecule has 7 atom stereocenters. The van der Waals surface area contributed by atoms with Crippen LogP contribution in [-0.4, -0.2) is 51.9 Å². The molecule has 1 saturated heterocycles. The third-order valence-electron chi connectivity index (χ3n) is 5.85. The molecule has 26 heavy (non-hydrogen) atoms. The van der Waals surface area contributed by atoms with Crippen LogP contribution in [0.4, 0.5) is 0 Å². The van der Waals surface area contributed by atoms with E-state index in [1.54, 1.807) is 13.0 Å². The fourth-order valence-electron chi connectivity index (χ4n) is 4.59. The lowest BCUT2D eigenvalue weighted by molar-refractivity contribution is -0.154. The first-order valence-corrected chi connectivity index (χ1v) is 9.15. The molecule has 3 aliphatic rings. The van der Waals surface area contributed by atoms with E-state index in [4.69, 9.17) is 21.1 Å². The first-order valence-electron chi connectivity index (χ1n) is 8.61. The quantitative estimate of drug-likeness (QED) is 0.332. The average Bonchev–Trinajstić information content (AvgIpc) is 2.97. The van der Waals surface area contributed by atoms with E-state index in [0.717, 1.165) is 5.57 Å². The van der Waals surface area contributed by atoms with Crippen molar-refractivity contribution in [1.82, 2.24) is 0 Å². The molecule has 0 amide bonds. The highest BCUT2D eigenvalue weighted by Gasteiger charge is 2.64. The highest BCUT2D eigenvalue weighted by Crippen LogP contribution is 2.55. The Kier molecular flexibility index (Phi) is 5.03. The van der Waals surface area contributed by atoms with Crippen LogP contribution in [0.2, 0.25) is 0 Å².